The third-order valence-corrected chi connectivity index (χ3v) is 4.87. The quantitative estimate of drug-likeness (QED) is 0.836. The number of carbonyl (C=O) groups excluding carboxylic acids is 1. The molecule has 5 heteroatoms. The van der Waals surface area contributed by atoms with Crippen LogP contribution in [0.5, 0.6) is 5.88 Å². The van der Waals surface area contributed by atoms with Gasteiger partial charge in [-0.3, -0.25) is 4.79 Å². The van der Waals surface area contributed by atoms with Crippen molar-refractivity contribution in [2.24, 2.45) is 5.92 Å². The third-order valence-electron chi connectivity index (χ3n) is 4.40. The smallest absolute Gasteiger partial charge is 0.225 e. The first-order valence-corrected chi connectivity index (χ1v) is 8.58. The Kier molecular flexibility index (Phi) is 4.78. The Hall–Kier alpha value is -1.10. The number of likely N-dealkylation sites (tertiary alicyclic amines) is 1. The predicted octanol–water partition coefficient (Wildman–Crippen LogP) is 3.40. The van der Waals surface area contributed by atoms with Crippen molar-refractivity contribution in [2.75, 3.05) is 13.1 Å². The number of carbonyl (C=O) groups is 1. The summed E-state index contributed by atoms with van der Waals surface area (Å²) in [5.41, 5.74) is 0. The number of aromatic nitrogens is 1. The number of rotatable bonds is 3. The summed E-state index contributed by atoms with van der Waals surface area (Å²) >= 11 is 3.36. The van der Waals surface area contributed by atoms with Gasteiger partial charge in [-0.1, -0.05) is 19.3 Å². The minimum absolute atomic E-state index is 0.0752. The van der Waals surface area contributed by atoms with E-state index in [1.54, 1.807) is 6.20 Å². The van der Waals surface area contributed by atoms with E-state index in [-0.39, 0.29) is 12.0 Å². The molecule has 0 bridgehead atoms. The van der Waals surface area contributed by atoms with Crippen LogP contribution in [0.2, 0.25) is 0 Å². The Balaban J connectivity index is 1.52. The van der Waals surface area contributed by atoms with Gasteiger partial charge in [0.05, 0.1) is 6.54 Å². The Bertz CT molecular complexity index is 486. The summed E-state index contributed by atoms with van der Waals surface area (Å²) < 4.78 is 6.81. The fraction of sp³-hybridized carbons (Fsp3) is 0.625. The van der Waals surface area contributed by atoms with Crippen LogP contribution in [0.4, 0.5) is 0 Å². The lowest BCUT2D eigenvalue weighted by Crippen LogP contribution is -2.36. The molecular formula is C16H21BrN2O2. The summed E-state index contributed by atoms with van der Waals surface area (Å²) in [6.45, 7) is 1.52. The molecule has 3 rings (SSSR count). The van der Waals surface area contributed by atoms with Crippen LogP contribution in [0.1, 0.15) is 38.5 Å². The Morgan fingerprint density at radius 2 is 2.05 bits per heavy atom. The molecule has 1 saturated heterocycles. The van der Waals surface area contributed by atoms with Crippen molar-refractivity contribution in [3.8, 4) is 5.88 Å². The van der Waals surface area contributed by atoms with Gasteiger partial charge in [0, 0.05) is 35.6 Å². The molecule has 1 saturated carbocycles. The van der Waals surface area contributed by atoms with Crippen LogP contribution in [0.25, 0.3) is 0 Å². The van der Waals surface area contributed by atoms with Crippen molar-refractivity contribution in [3.05, 3.63) is 22.8 Å². The topological polar surface area (TPSA) is 42.4 Å². The van der Waals surface area contributed by atoms with Crippen LogP contribution >= 0.6 is 15.9 Å². The molecule has 1 atom stereocenters. The molecule has 1 aromatic rings. The molecule has 2 heterocycles. The fourth-order valence-corrected chi connectivity index (χ4v) is 3.47. The van der Waals surface area contributed by atoms with E-state index >= 15 is 0 Å². The second-order valence-electron chi connectivity index (χ2n) is 5.96. The van der Waals surface area contributed by atoms with Crippen molar-refractivity contribution in [2.45, 2.75) is 44.6 Å². The van der Waals surface area contributed by atoms with Crippen LogP contribution in [-0.2, 0) is 4.79 Å². The Labute approximate surface area is 134 Å². The summed E-state index contributed by atoms with van der Waals surface area (Å²) in [5, 5.41) is 0. The van der Waals surface area contributed by atoms with Crippen LogP contribution in [0, 0.1) is 5.92 Å². The SMILES string of the molecule is O=C(C1CCCCC1)N1CCC(Oc2ccc(Br)cn2)C1. The lowest BCUT2D eigenvalue weighted by molar-refractivity contribution is -0.135. The highest BCUT2D eigenvalue weighted by atomic mass is 79.9. The van der Waals surface area contributed by atoms with E-state index in [9.17, 15) is 4.79 Å². The second kappa shape index (κ2) is 6.77. The van der Waals surface area contributed by atoms with Gasteiger partial charge >= 0.3 is 0 Å². The monoisotopic (exact) mass is 352 g/mol. The number of hydrogen-bond donors (Lipinski definition) is 0. The zero-order valence-electron chi connectivity index (χ0n) is 12.1. The zero-order chi connectivity index (χ0) is 14.7. The summed E-state index contributed by atoms with van der Waals surface area (Å²) in [5.74, 6) is 1.23. The molecule has 0 radical (unpaired) electrons. The van der Waals surface area contributed by atoms with E-state index in [4.69, 9.17) is 4.74 Å². The van der Waals surface area contributed by atoms with E-state index in [0.29, 0.717) is 18.3 Å². The van der Waals surface area contributed by atoms with Crippen LogP contribution in [0.3, 0.4) is 0 Å². The number of amides is 1. The molecule has 0 N–H and O–H groups in total. The van der Waals surface area contributed by atoms with Crippen LogP contribution in [-0.4, -0.2) is 35.0 Å². The highest BCUT2D eigenvalue weighted by molar-refractivity contribution is 9.10. The van der Waals surface area contributed by atoms with E-state index in [1.807, 2.05) is 17.0 Å². The van der Waals surface area contributed by atoms with Gasteiger partial charge < -0.3 is 9.64 Å². The number of nitrogens with zero attached hydrogens (tertiary/aromatic N) is 2. The van der Waals surface area contributed by atoms with E-state index in [2.05, 4.69) is 20.9 Å². The minimum Gasteiger partial charge on any atom is -0.472 e. The van der Waals surface area contributed by atoms with Gasteiger partial charge in [-0.05, 0) is 34.8 Å². The highest BCUT2D eigenvalue weighted by Gasteiger charge is 2.32. The molecule has 1 aliphatic heterocycles. The van der Waals surface area contributed by atoms with Crippen LogP contribution < -0.4 is 4.74 Å². The van der Waals surface area contributed by atoms with Gasteiger partial charge in [-0.25, -0.2) is 4.98 Å². The Morgan fingerprint density at radius 3 is 2.76 bits per heavy atom. The maximum Gasteiger partial charge on any atom is 0.225 e. The lowest BCUT2D eigenvalue weighted by atomic mass is 9.88. The first-order valence-electron chi connectivity index (χ1n) is 7.79. The molecule has 1 aromatic heterocycles. The zero-order valence-corrected chi connectivity index (χ0v) is 13.7. The first kappa shape index (κ1) is 14.8. The molecule has 1 unspecified atom stereocenters. The second-order valence-corrected chi connectivity index (χ2v) is 6.88. The predicted molar refractivity (Wildman–Crippen MR) is 84.1 cm³/mol. The van der Waals surface area contributed by atoms with Gasteiger partial charge in [-0.2, -0.15) is 0 Å². The molecule has 0 aromatic carbocycles. The Morgan fingerprint density at radius 1 is 1.24 bits per heavy atom. The normalized spacial score (nSPS) is 23.3. The molecular weight excluding hydrogens is 332 g/mol. The van der Waals surface area contributed by atoms with E-state index in [1.165, 1.54) is 19.3 Å². The molecule has 2 aliphatic rings. The summed E-state index contributed by atoms with van der Waals surface area (Å²) in [6.07, 6.45) is 8.52. The largest absolute Gasteiger partial charge is 0.472 e. The molecule has 1 aliphatic carbocycles. The van der Waals surface area contributed by atoms with Crippen molar-refractivity contribution in [1.29, 1.82) is 0 Å². The van der Waals surface area contributed by atoms with Crippen LogP contribution in [0.15, 0.2) is 22.8 Å². The maximum atomic E-state index is 12.5. The molecule has 0 spiro atoms. The van der Waals surface area contributed by atoms with Gasteiger partial charge in [0.2, 0.25) is 11.8 Å². The third kappa shape index (κ3) is 3.76. The fourth-order valence-electron chi connectivity index (χ4n) is 3.24. The van der Waals surface area contributed by atoms with E-state index < -0.39 is 0 Å². The highest BCUT2D eigenvalue weighted by Crippen LogP contribution is 2.27. The number of pyridine rings is 1. The van der Waals surface area contributed by atoms with Crippen molar-refractivity contribution < 1.29 is 9.53 Å². The first-order chi connectivity index (χ1) is 10.2. The molecule has 2 fully saturated rings. The molecule has 21 heavy (non-hydrogen) atoms. The molecule has 4 nitrogen and oxygen atoms in total. The number of ether oxygens (including phenoxy) is 1. The number of halogens is 1. The van der Waals surface area contributed by atoms with Gasteiger partial charge in [0.15, 0.2) is 0 Å². The molecule has 114 valence electrons. The van der Waals surface area contributed by atoms with Gasteiger partial charge in [0.1, 0.15) is 6.10 Å². The van der Waals surface area contributed by atoms with Gasteiger partial charge in [-0.15, -0.1) is 0 Å². The number of hydrogen-bond acceptors (Lipinski definition) is 3. The summed E-state index contributed by atoms with van der Waals surface area (Å²) in [7, 11) is 0. The van der Waals surface area contributed by atoms with Crippen molar-refractivity contribution >= 4 is 21.8 Å². The average molecular weight is 353 g/mol. The maximum absolute atomic E-state index is 12.5. The van der Waals surface area contributed by atoms with Crippen molar-refractivity contribution in [3.63, 3.8) is 0 Å². The average Bonchev–Trinajstić information content (AvgIpc) is 2.98. The summed E-state index contributed by atoms with van der Waals surface area (Å²) in [4.78, 5) is 18.7. The van der Waals surface area contributed by atoms with Crippen molar-refractivity contribution in [1.82, 2.24) is 9.88 Å². The standard InChI is InChI=1S/C16H21BrN2O2/c17-13-6-7-15(18-10-13)21-14-8-9-19(11-14)16(20)12-4-2-1-3-5-12/h6-7,10,12,14H,1-5,8-9,11H2. The lowest BCUT2D eigenvalue weighted by Gasteiger charge is -2.26. The molecule has 1 amide bonds. The van der Waals surface area contributed by atoms with E-state index in [0.717, 1.165) is 30.3 Å². The summed E-state index contributed by atoms with van der Waals surface area (Å²) in [6, 6.07) is 3.78. The van der Waals surface area contributed by atoms with Gasteiger partial charge in [0.25, 0.3) is 0 Å². The minimum atomic E-state index is 0.0752.